The van der Waals surface area contributed by atoms with E-state index in [1.165, 1.54) is 0 Å². The van der Waals surface area contributed by atoms with Gasteiger partial charge < -0.3 is 25.6 Å². The molecule has 0 unspecified atom stereocenters. The van der Waals surface area contributed by atoms with Crippen LogP contribution in [0.25, 0.3) is 0 Å². The fourth-order valence-electron chi connectivity index (χ4n) is 3.51. The third-order valence-corrected chi connectivity index (χ3v) is 5.31. The van der Waals surface area contributed by atoms with Crippen molar-refractivity contribution >= 4 is 0 Å². The minimum atomic E-state index is 0.159. The van der Waals surface area contributed by atoms with Gasteiger partial charge in [-0.3, -0.25) is 4.90 Å². The SMILES string of the molecule is CCCCNCc1c(O)c(CNCCCC)c2c(c1O)CN(CCCC)CO2. The number of fused-ring (bicyclic) bond motifs is 1. The second-order valence-corrected chi connectivity index (χ2v) is 7.70. The molecule has 160 valence electrons. The maximum absolute atomic E-state index is 10.9. The van der Waals surface area contributed by atoms with Gasteiger partial charge in [0.15, 0.2) is 0 Å². The number of phenols is 2. The number of benzene rings is 1. The molecule has 0 atom stereocenters. The molecule has 0 saturated carbocycles. The monoisotopic (exact) mass is 393 g/mol. The largest absolute Gasteiger partial charge is 0.507 e. The van der Waals surface area contributed by atoms with E-state index in [4.69, 9.17) is 4.74 Å². The Balaban J connectivity index is 2.26. The van der Waals surface area contributed by atoms with E-state index < -0.39 is 0 Å². The van der Waals surface area contributed by atoms with Crippen molar-refractivity contribution in [3.05, 3.63) is 16.7 Å². The first-order valence-electron chi connectivity index (χ1n) is 11.0. The zero-order chi connectivity index (χ0) is 20.4. The molecule has 0 amide bonds. The molecule has 0 radical (unpaired) electrons. The first kappa shape index (κ1) is 22.8. The van der Waals surface area contributed by atoms with Crippen LogP contribution in [0.3, 0.4) is 0 Å². The van der Waals surface area contributed by atoms with Crippen molar-refractivity contribution < 1.29 is 14.9 Å². The molecule has 1 heterocycles. The van der Waals surface area contributed by atoms with Crippen LogP contribution < -0.4 is 15.4 Å². The summed E-state index contributed by atoms with van der Waals surface area (Å²) in [4.78, 5) is 2.21. The zero-order valence-corrected chi connectivity index (χ0v) is 17.9. The Kier molecular flexibility index (Phi) is 9.88. The summed E-state index contributed by atoms with van der Waals surface area (Å²) in [7, 11) is 0. The number of unbranched alkanes of at least 4 members (excludes halogenated alkanes) is 3. The lowest BCUT2D eigenvalue weighted by Gasteiger charge is -2.32. The highest BCUT2D eigenvalue weighted by Crippen LogP contribution is 2.44. The molecule has 6 nitrogen and oxygen atoms in total. The zero-order valence-electron chi connectivity index (χ0n) is 17.9. The highest BCUT2D eigenvalue weighted by atomic mass is 16.5. The molecular formula is C22H39N3O3. The van der Waals surface area contributed by atoms with Crippen molar-refractivity contribution in [3.8, 4) is 17.2 Å². The van der Waals surface area contributed by atoms with Crippen molar-refractivity contribution in [1.82, 2.24) is 15.5 Å². The summed E-state index contributed by atoms with van der Waals surface area (Å²) < 4.78 is 6.03. The molecule has 6 heteroatoms. The molecule has 0 aliphatic carbocycles. The van der Waals surface area contributed by atoms with Gasteiger partial charge in [0.2, 0.25) is 0 Å². The van der Waals surface area contributed by atoms with Crippen LogP contribution in [0.15, 0.2) is 0 Å². The van der Waals surface area contributed by atoms with Gasteiger partial charge in [0.25, 0.3) is 0 Å². The van der Waals surface area contributed by atoms with Gasteiger partial charge in [0.1, 0.15) is 24.0 Å². The number of hydrogen-bond donors (Lipinski definition) is 4. The number of nitrogens with one attached hydrogen (secondary N) is 2. The Morgan fingerprint density at radius 1 is 0.857 bits per heavy atom. The van der Waals surface area contributed by atoms with Gasteiger partial charge in [-0.2, -0.15) is 0 Å². The molecule has 0 fully saturated rings. The van der Waals surface area contributed by atoms with Crippen molar-refractivity contribution in [2.24, 2.45) is 0 Å². The Hall–Kier alpha value is -1.50. The van der Waals surface area contributed by atoms with Gasteiger partial charge in [0, 0.05) is 26.2 Å². The van der Waals surface area contributed by atoms with Crippen molar-refractivity contribution in [1.29, 1.82) is 0 Å². The van der Waals surface area contributed by atoms with Crippen LogP contribution in [0.2, 0.25) is 0 Å². The van der Waals surface area contributed by atoms with E-state index in [2.05, 4.69) is 36.3 Å². The van der Waals surface area contributed by atoms with Gasteiger partial charge in [0.05, 0.1) is 16.7 Å². The summed E-state index contributed by atoms with van der Waals surface area (Å²) in [5.41, 5.74) is 2.16. The summed E-state index contributed by atoms with van der Waals surface area (Å²) in [6, 6.07) is 0. The third-order valence-electron chi connectivity index (χ3n) is 5.31. The summed E-state index contributed by atoms with van der Waals surface area (Å²) in [6.45, 7) is 11.4. The summed E-state index contributed by atoms with van der Waals surface area (Å²) >= 11 is 0. The van der Waals surface area contributed by atoms with Crippen LogP contribution in [-0.4, -0.2) is 41.5 Å². The summed E-state index contributed by atoms with van der Waals surface area (Å²) in [5.74, 6) is 0.991. The molecular weight excluding hydrogens is 354 g/mol. The third kappa shape index (κ3) is 6.00. The molecule has 0 bridgehead atoms. The molecule has 2 rings (SSSR count). The molecule has 0 saturated heterocycles. The lowest BCUT2D eigenvalue weighted by molar-refractivity contribution is 0.0904. The topological polar surface area (TPSA) is 77.0 Å². The molecule has 1 aromatic carbocycles. The van der Waals surface area contributed by atoms with Crippen molar-refractivity contribution in [3.63, 3.8) is 0 Å². The first-order valence-corrected chi connectivity index (χ1v) is 11.0. The predicted octanol–water partition coefficient (Wildman–Crippen LogP) is 3.83. The number of phenolic OH excluding ortho intramolecular Hbond substituents is 2. The second kappa shape index (κ2) is 12.1. The Morgan fingerprint density at radius 3 is 2.07 bits per heavy atom. The average Bonchev–Trinajstić information content (AvgIpc) is 2.71. The number of hydrogen-bond acceptors (Lipinski definition) is 6. The highest BCUT2D eigenvalue weighted by molar-refractivity contribution is 5.62. The number of rotatable bonds is 13. The molecule has 1 aliphatic rings. The number of aromatic hydroxyl groups is 2. The summed E-state index contributed by atoms with van der Waals surface area (Å²) in [5, 5.41) is 28.6. The van der Waals surface area contributed by atoms with Gasteiger partial charge in [-0.05, 0) is 32.4 Å². The molecule has 4 N–H and O–H groups in total. The summed E-state index contributed by atoms with van der Waals surface area (Å²) in [6.07, 6.45) is 6.65. The molecule has 0 spiro atoms. The van der Waals surface area contributed by atoms with Crippen LogP contribution >= 0.6 is 0 Å². The van der Waals surface area contributed by atoms with E-state index in [9.17, 15) is 10.2 Å². The Morgan fingerprint density at radius 2 is 1.46 bits per heavy atom. The number of nitrogens with zero attached hydrogens (tertiary/aromatic N) is 1. The van der Waals surface area contributed by atoms with Crippen LogP contribution in [0.5, 0.6) is 17.2 Å². The molecule has 1 aliphatic heterocycles. The van der Waals surface area contributed by atoms with Gasteiger partial charge in [-0.15, -0.1) is 0 Å². The van der Waals surface area contributed by atoms with E-state index in [0.717, 1.165) is 69.3 Å². The quantitative estimate of drug-likeness (QED) is 0.382. The van der Waals surface area contributed by atoms with E-state index in [1.54, 1.807) is 0 Å². The predicted molar refractivity (Wildman–Crippen MR) is 114 cm³/mol. The van der Waals surface area contributed by atoms with Crippen LogP contribution in [0, 0.1) is 0 Å². The van der Waals surface area contributed by atoms with E-state index in [1.807, 2.05) is 0 Å². The molecule has 28 heavy (non-hydrogen) atoms. The minimum absolute atomic E-state index is 0.159. The lowest BCUT2D eigenvalue weighted by atomic mass is 9.98. The Labute approximate surface area is 170 Å². The van der Waals surface area contributed by atoms with Gasteiger partial charge >= 0.3 is 0 Å². The maximum atomic E-state index is 10.9. The minimum Gasteiger partial charge on any atom is -0.507 e. The highest BCUT2D eigenvalue weighted by Gasteiger charge is 2.28. The van der Waals surface area contributed by atoms with E-state index >= 15 is 0 Å². The van der Waals surface area contributed by atoms with Crippen LogP contribution in [0.4, 0.5) is 0 Å². The first-order chi connectivity index (χ1) is 13.6. The van der Waals surface area contributed by atoms with Crippen molar-refractivity contribution in [2.45, 2.75) is 78.9 Å². The number of ether oxygens (including phenoxy) is 1. The normalized spacial score (nSPS) is 14.1. The second-order valence-electron chi connectivity index (χ2n) is 7.70. The van der Waals surface area contributed by atoms with Gasteiger partial charge in [-0.1, -0.05) is 40.0 Å². The van der Waals surface area contributed by atoms with Crippen molar-refractivity contribution in [2.75, 3.05) is 26.4 Å². The average molecular weight is 394 g/mol. The molecule has 0 aromatic heterocycles. The molecule has 1 aromatic rings. The van der Waals surface area contributed by atoms with E-state index in [0.29, 0.717) is 37.7 Å². The van der Waals surface area contributed by atoms with Crippen LogP contribution in [0.1, 0.15) is 76.0 Å². The fraction of sp³-hybridized carbons (Fsp3) is 0.727. The van der Waals surface area contributed by atoms with Gasteiger partial charge in [-0.25, -0.2) is 0 Å². The standard InChI is InChI=1S/C22H39N3O3/c1-4-7-10-23-13-17-20(26)18(14-24-11-8-5-2)22-19(21(17)27)15-25(16-28-22)12-9-6-3/h23-24,26-27H,4-16H2,1-3H3. The van der Waals surface area contributed by atoms with E-state index in [-0.39, 0.29) is 11.5 Å². The Bertz CT molecular complexity index is 584. The van der Waals surface area contributed by atoms with Crippen LogP contribution in [-0.2, 0) is 19.6 Å². The fourth-order valence-corrected chi connectivity index (χ4v) is 3.51. The maximum Gasteiger partial charge on any atom is 0.142 e. The smallest absolute Gasteiger partial charge is 0.142 e. The lowest BCUT2D eigenvalue weighted by Crippen LogP contribution is -2.34.